The molecular formula is C27H44N4O2. The van der Waals surface area contributed by atoms with Gasteiger partial charge in [-0.25, -0.2) is 4.79 Å². The van der Waals surface area contributed by atoms with Gasteiger partial charge in [-0.3, -0.25) is 4.57 Å². The van der Waals surface area contributed by atoms with E-state index >= 15 is 0 Å². The molecule has 2 heterocycles. The molecule has 2 aromatic rings. The number of hydrogen-bond acceptors (Lipinski definition) is 4. The molecule has 2 fully saturated rings. The van der Waals surface area contributed by atoms with Crippen LogP contribution in [0.25, 0.3) is 10.9 Å². The second-order valence-electron chi connectivity index (χ2n) is 9.51. The fraction of sp³-hybridized carbons (Fsp3) is 0.667. The lowest BCUT2D eigenvalue weighted by Crippen LogP contribution is -2.46. The number of carbonyl (C=O) groups is 1. The van der Waals surface area contributed by atoms with Crippen LogP contribution < -0.4 is 10.1 Å². The van der Waals surface area contributed by atoms with Gasteiger partial charge in [-0.15, -0.1) is 0 Å². The maximum atomic E-state index is 13.3. The normalized spacial score (nSPS) is 21.5. The van der Waals surface area contributed by atoms with E-state index in [0.717, 1.165) is 42.5 Å². The highest BCUT2D eigenvalue weighted by Gasteiger charge is 2.28. The van der Waals surface area contributed by atoms with Crippen LogP contribution in [0.2, 0.25) is 0 Å². The summed E-state index contributed by atoms with van der Waals surface area (Å²) in [5, 5.41) is 4.45. The zero-order chi connectivity index (χ0) is 23.8. The summed E-state index contributed by atoms with van der Waals surface area (Å²) in [7, 11) is 5.83. The van der Waals surface area contributed by atoms with Crippen molar-refractivity contribution in [3.05, 3.63) is 30.0 Å². The maximum absolute atomic E-state index is 13.3. The Morgan fingerprint density at radius 1 is 1.09 bits per heavy atom. The molecule has 33 heavy (non-hydrogen) atoms. The monoisotopic (exact) mass is 456 g/mol. The molecule has 6 heteroatoms. The summed E-state index contributed by atoms with van der Waals surface area (Å²) in [5.74, 6) is 0.779. The van der Waals surface area contributed by atoms with Crippen molar-refractivity contribution in [2.75, 3.05) is 40.8 Å². The van der Waals surface area contributed by atoms with Crippen LogP contribution in [-0.2, 0) is 6.42 Å². The number of rotatable bonds is 6. The molecule has 0 unspecified atom stereocenters. The molecule has 0 bridgehead atoms. The number of methoxy groups -OCH3 is 1. The van der Waals surface area contributed by atoms with Gasteiger partial charge in [0.15, 0.2) is 0 Å². The van der Waals surface area contributed by atoms with E-state index in [9.17, 15) is 4.79 Å². The Labute approximate surface area is 200 Å². The Kier molecular flexibility index (Phi) is 9.63. The van der Waals surface area contributed by atoms with Crippen molar-refractivity contribution in [1.29, 1.82) is 0 Å². The Hall–Kier alpha value is -2.05. The van der Waals surface area contributed by atoms with Crippen LogP contribution in [0.5, 0.6) is 5.75 Å². The van der Waals surface area contributed by atoms with Gasteiger partial charge in [0.25, 0.3) is 0 Å². The number of carbonyl (C=O) groups excluding carboxylic acids is 1. The number of aromatic nitrogens is 1. The first-order valence-electron chi connectivity index (χ1n) is 12.9. The molecular weight excluding hydrogens is 412 g/mol. The van der Waals surface area contributed by atoms with Gasteiger partial charge in [-0.1, -0.05) is 20.3 Å². The molecule has 1 saturated carbocycles. The average molecular weight is 457 g/mol. The molecule has 1 aromatic heterocycles. The average Bonchev–Trinajstić information content (AvgIpc) is 3.23. The highest BCUT2D eigenvalue weighted by atomic mass is 16.5. The number of nitrogens with zero attached hydrogens (tertiary/aromatic N) is 3. The van der Waals surface area contributed by atoms with Crippen LogP contribution in [-0.4, -0.2) is 73.3 Å². The van der Waals surface area contributed by atoms with Gasteiger partial charge in [0.2, 0.25) is 0 Å². The smallest absolute Gasteiger partial charge is 0.326 e. The molecule has 184 valence electrons. The highest BCUT2D eigenvalue weighted by molar-refractivity contribution is 5.94. The first-order chi connectivity index (χ1) is 16.0. The van der Waals surface area contributed by atoms with E-state index in [2.05, 4.69) is 35.3 Å². The summed E-state index contributed by atoms with van der Waals surface area (Å²) in [6.45, 7) is 7.47. The number of amides is 1. The van der Waals surface area contributed by atoms with Crippen LogP contribution in [0.1, 0.15) is 64.4 Å². The number of fused-ring (bicyclic) bond motifs is 1. The standard InChI is InChI=1S/C25H38N4O2.C2H6/c1-27(2)16-13-19-18-29(24-17-22(31-3)11-12-23(19)24)25(30)26-20-7-9-21(10-8-20)28-14-5-4-6-15-28;1-2/h11-12,17-18,20-21H,4-10,13-16H2,1-3H3,(H,26,30);1-2H3. The molecule has 1 saturated heterocycles. The Bertz CT molecular complexity index is 878. The number of likely N-dealkylation sites (tertiary alicyclic amines) is 1. The van der Waals surface area contributed by atoms with Crippen molar-refractivity contribution in [1.82, 2.24) is 19.7 Å². The third-order valence-electron chi connectivity index (χ3n) is 7.07. The van der Waals surface area contributed by atoms with E-state index in [1.807, 2.05) is 32.2 Å². The molecule has 6 nitrogen and oxygen atoms in total. The fourth-order valence-electron chi connectivity index (χ4n) is 5.23. The van der Waals surface area contributed by atoms with Gasteiger partial charge < -0.3 is 19.9 Å². The van der Waals surface area contributed by atoms with Gasteiger partial charge >= 0.3 is 6.03 Å². The van der Waals surface area contributed by atoms with E-state index in [0.29, 0.717) is 6.04 Å². The van der Waals surface area contributed by atoms with Gasteiger partial charge in [0.05, 0.1) is 12.6 Å². The largest absolute Gasteiger partial charge is 0.497 e. The number of ether oxygens (including phenoxy) is 1. The van der Waals surface area contributed by atoms with Crippen LogP contribution >= 0.6 is 0 Å². The van der Waals surface area contributed by atoms with Crippen molar-refractivity contribution in [3.63, 3.8) is 0 Å². The van der Waals surface area contributed by atoms with Gasteiger partial charge in [0, 0.05) is 36.3 Å². The van der Waals surface area contributed by atoms with Crippen LogP contribution in [0.3, 0.4) is 0 Å². The number of hydrogen-bond donors (Lipinski definition) is 1. The lowest BCUT2D eigenvalue weighted by molar-refractivity contribution is 0.121. The zero-order valence-corrected chi connectivity index (χ0v) is 21.4. The van der Waals surface area contributed by atoms with E-state index in [4.69, 9.17) is 4.74 Å². The summed E-state index contributed by atoms with van der Waals surface area (Å²) in [4.78, 5) is 18.1. The highest BCUT2D eigenvalue weighted by Crippen LogP contribution is 2.28. The number of likely N-dealkylation sites (N-methyl/N-ethyl adjacent to an activating group) is 1. The molecule has 0 spiro atoms. The first-order valence-corrected chi connectivity index (χ1v) is 12.9. The minimum absolute atomic E-state index is 0.0178. The minimum atomic E-state index is -0.0178. The Morgan fingerprint density at radius 2 is 1.79 bits per heavy atom. The van der Waals surface area contributed by atoms with Crippen molar-refractivity contribution >= 4 is 16.9 Å². The third kappa shape index (κ3) is 6.51. The van der Waals surface area contributed by atoms with E-state index in [1.54, 1.807) is 11.7 Å². The molecule has 2 aliphatic rings. The van der Waals surface area contributed by atoms with Crippen molar-refractivity contribution in [2.45, 2.75) is 77.3 Å². The second kappa shape index (κ2) is 12.4. The van der Waals surface area contributed by atoms with Gasteiger partial charge in [-0.2, -0.15) is 0 Å². The predicted molar refractivity (Wildman–Crippen MR) is 137 cm³/mol. The number of benzene rings is 1. The van der Waals surface area contributed by atoms with Crippen LogP contribution in [0.4, 0.5) is 4.79 Å². The fourth-order valence-corrected chi connectivity index (χ4v) is 5.23. The summed E-state index contributed by atoms with van der Waals surface area (Å²) in [5.41, 5.74) is 2.13. The molecule has 1 N–H and O–H groups in total. The minimum Gasteiger partial charge on any atom is -0.497 e. The molecule has 1 amide bonds. The predicted octanol–water partition coefficient (Wildman–Crippen LogP) is 5.14. The van der Waals surface area contributed by atoms with Gasteiger partial charge in [-0.05, 0) is 89.8 Å². The number of piperidine rings is 1. The lowest BCUT2D eigenvalue weighted by atomic mass is 9.89. The molecule has 0 radical (unpaired) electrons. The van der Waals surface area contributed by atoms with Crippen molar-refractivity contribution in [2.24, 2.45) is 0 Å². The summed E-state index contributed by atoms with van der Waals surface area (Å²) in [6.07, 6.45) is 11.5. The Balaban J connectivity index is 0.00000149. The maximum Gasteiger partial charge on any atom is 0.326 e. The quantitative estimate of drug-likeness (QED) is 0.654. The van der Waals surface area contributed by atoms with E-state index < -0.39 is 0 Å². The van der Waals surface area contributed by atoms with Crippen molar-refractivity contribution in [3.8, 4) is 5.75 Å². The van der Waals surface area contributed by atoms with Crippen LogP contribution in [0, 0.1) is 0 Å². The molecule has 4 rings (SSSR count). The third-order valence-corrected chi connectivity index (χ3v) is 7.07. The topological polar surface area (TPSA) is 49.7 Å². The summed E-state index contributed by atoms with van der Waals surface area (Å²) >= 11 is 0. The number of nitrogens with one attached hydrogen (secondary N) is 1. The molecule has 1 aromatic carbocycles. The zero-order valence-electron chi connectivity index (χ0n) is 21.4. The van der Waals surface area contributed by atoms with E-state index in [1.165, 1.54) is 50.8 Å². The Morgan fingerprint density at radius 3 is 2.42 bits per heavy atom. The molecule has 1 aliphatic carbocycles. The lowest BCUT2D eigenvalue weighted by Gasteiger charge is -2.39. The van der Waals surface area contributed by atoms with Gasteiger partial charge in [0.1, 0.15) is 5.75 Å². The van der Waals surface area contributed by atoms with Crippen LogP contribution in [0.15, 0.2) is 24.4 Å². The van der Waals surface area contributed by atoms with Crippen molar-refractivity contribution < 1.29 is 9.53 Å². The SMILES string of the molecule is CC.COc1ccc2c(CCN(C)C)cn(C(=O)NC3CCC(N4CCCCC4)CC3)c2c1. The van der Waals surface area contributed by atoms with E-state index in [-0.39, 0.29) is 12.1 Å². The molecule has 0 atom stereocenters. The summed E-state index contributed by atoms with van der Waals surface area (Å²) in [6, 6.07) is 6.99. The molecule has 1 aliphatic heterocycles. The second-order valence-corrected chi connectivity index (χ2v) is 9.51. The first kappa shape index (κ1) is 25.6. The summed E-state index contributed by atoms with van der Waals surface area (Å²) < 4.78 is 7.22.